The standard InChI is InChI=1S/C17H26N6O/c1-3-21-8-9-24-16(12-21)13-22-4-6-23(7-5-22)17-19-14(2)10-15(11-18)20-17/h10,16H,3-9,12-13H2,1-2H3. The molecule has 2 aliphatic heterocycles. The Morgan fingerprint density at radius 1 is 1.21 bits per heavy atom. The van der Waals surface area contributed by atoms with Gasteiger partial charge in [0.1, 0.15) is 11.8 Å². The Balaban J connectivity index is 1.52. The Morgan fingerprint density at radius 3 is 2.71 bits per heavy atom. The van der Waals surface area contributed by atoms with Gasteiger partial charge in [-0.25, -0.2) is 9.97 Å². The molecule has 0 N–H and O–H groups in total. The quantitative estimate of drug-likeness (QED) is 0.796. The molecule has 0 radical (unpaired) electrons. The molecular weight excluding hydrogens is 304 g/mol. The monoisotopic (exact) mass is 330 g/mol. The minimum atomic E-state index is 0.311. The van der Waals surface area contributed by atoms with E-state index in [1.54, 1.807) is 6.07 Å². The topological polar surface area (TPSA) is 68.5 Å². The number of piperazine rings is 1. The second kappa shape index (κ2) is 7.88. The van der Waals surface area contributed by atoms with E-state index in [0.717, 1.165) is 64.7 Å². The molecule has 1 aromatic rings. The van der Waals surface area contributed by atoms with Crippen LogP contribution in [0.3, 0.4) is 0 Å². The van der Waals surface area contributed by atoms with E-state index in [1.807, 2.05) is 6.92 Å². The summed E-state index contributed by atoms with van der Waals surface area (Å²) < 4.78 is 5.91. The van der Waals surface area contributed by atoms with Gasteiger partial charge in [0.2, 0.25) is 5.95 Å². The zero-order chi connectivity index (χ0) is 16.9. The number of ether oxygens (including phenoxy) is 1. The lowest BCUT2D eigenvalue weighted by molar-refractivity contribution is -0.0423. The number of nitriles is 1. The van der Waals surface area contributed by atoms with Crippen molar-refractivity contribution in [3.8, 4) is 6.07 Å². The van der Waals surface area contributed by atoms with E-state index in [0.29, 0.717) is 17.7 Å². The fraction of sp³-hybridized carbons (Fsp3) is 0.706. The minimum Gasteiger partial charge on any atom is -0.374 e. The molecule has 3 rings (SSSR count). The summed E-state index contributed by atoms with van der Waals surface area (Å²) in [5.41, 5.74) is 1.28. The van der Waals surface area contributed by atoms with Gasteiger partial charge >= 0.3 is 0 Å². The molecule has 1 unspecified atom stereocenters. The molecule has 2 saturated heterocycles. The number of rotatable bonds is 4. The number of hydrogen-bond donors (Lipinski definition) is 0. The van der Waals surface area contributed by atoms with Gasteiger partial charge in [0.05, 0.1) is 12.7 Å². The van der Waals surface area contributed by atoms with Gasteiger partial charge in [-0.2, -0.15) is 5.26 Å². The highest BCUT2D eigenvalue weighted by Crippen LogP contribution is 2.14. The Labute approximate surface area is 143 Å². The van der Waals surface area contributed by atoms with Crippen molar-refractivity contribution in [1.82, 2.24) is 19.8 Å². The lowest BCUT2D eigenvalue weighted by Gasteiger charge is -2.39. The number of hydrogen-bond acceptors (Lipinski definition) is 7. The minimum absolute atomic E-state index is 0.311. The molecular formula is C17H26N6O. The van der Waals surface area contributed by atoms with E-state index in [1.165, 1.54) is 0 Å². The van der Waals surface area contributed by atoms with Crippen LogP contribution in [0.15, 0.2) is 6.07 Å². The van der Waals surface area contributed by atoms with Crippen LogP contribution in [0.25, 0.3) is 0 Å². The van der Waals surface area contributed by atoms with Crippen LogP contribution in [0.2, 0.25) is 0 Å². The first-order valence-corrected chi connectivity index (χ1v) is 8.75. The van der Waals surface area contributed by atoms with Crippen LogP contribution in [0.4, 0.5) is 5.95 Å². The van der Waals surface area contributed by atoms with Crippen molar-refractivity contribution >= 4 is 5.95 Å². The molecule has 130 valence electrons. The smallest absolute Gasteiger partial charge is 0.226 e. The Morgan fingerprint density at radius 2 is 2.00 bits per heavy atom. The average Bonchev–Trinajstić information content (AvgIpc) is 2.62. The van der Waals surface area contributed by atoms with Gasteiger partial charge in [-0.3, -0.25) is 9.80 Å². The van der Waals surface area contributed by atoms with E-state index in [9.17, 15) is 0 Å². The molecule has 3 heterocycles. The molecule has 0 spiro atoms. The largest absolute Gasteiger partial charge is 0.374 e. The van der Waals surface area contributed by atoms with Crippen molar-refractivity contribution in [2.45, 2.75) is 20.0 Å². The summed E-state index contributed by atoms with van der Waals surface area (Å²) in [6.45, 7) is 12.8. The second-order valence-electron chi connectivity index (χ2n) is 6.48. The third kappa shape index (κ3) is 4.20. The molecule has 7 heteroatoms. The van der Waals surface area contributed by atoms with Crippen LogP contribution in [-0.4, -0.2) is 84.8 Å². The SMILES string of the molecule is CCN1CCOC(CN2CCN(c3nc(C)cc(C#N)n3)CC2)C1. The molecule has 2 fully saturated rings. The van der Waals surface area contributed by atoms with Gasteiger partial charge in [-0.15, -0.1) is 0 Å². The van der Waals surface area contributed by atoms with E-state index in [4.69, 9.17) is 10.00 Å². The van der Waals surface area contributed by atoms with Crippen LogP contribution in [-0.2, 0) is 4.74 Å². The van der Waals surface area contributed by atoms with Gasteiger partial charge in [0.15, 0.2) is 0 Å². The van der Waals surface area contributed by atoms with Gasteiger partial charge in [0.25, 0.3) is 0 Å². The summed E-state index contributed by atoms with van der Waals surface area (Å²) in [6, 6.07) is 3.83. The van der Waals surface area contributed by atoms with Crippen molar-refractivity contribution in [3.63, 3.8) is 0 Å². The zero-order valence-electron chi connectivity index (χ0n) is 14.6. The molecule has 7 nitrogen and oxygen atoms in total. The summed E-state index contributed by atoms with van der Waals surface area (Å²) in [5.74, 6) is 0.678. The maximum Gasteiger partial charge on any atom is 0.226 e. The maximum absolute atomic E-state index is 9.07. The third-order valence-corrected chi connectivity index (χ3v) is 4.74. The fourth-order valence-corrected chi connectivity index (χ4v) is 3.35. The lowest BCUT2D eigenvalue weighted by Crippen LogP contribution is -2.52. The summed E-state index contributed by atoms with van der Waals surface area (Å²) in [5, 5.41) is 9.07. The average molecular weight is 330 g/mol. The van der Waals surface area contributed by atoms with Crippen molar-refractivity contribution in [3.05, 3.63) is 17.5 Å². The van der Waals surface area contributed by atoms with Crippen molar-refractivity contribution in [2.75, 3.05) is 63.9 Å². The molecule has 0 amide bonds. The van der Waals surface area contributed by atoms with Gasteiger partial charge < -0.3 is 9.64 Å². The first-order valence-electron chi connectivity index (χ1n) is 8.75. The van der Waals surface area contributed by atoms with Crippen molar-refractivity contribution in [2.24, 2.45) is 0 Å². The van der Waals surface area contributed by atoms with Crippen LogP contribution < -0.4 is 4.90 Å². The van der Waals surface area contributed by atoms with Gasteiger partial charge in [-0.1, -0.05) is 6.92 Å². The Hall–Kier alpha value is -1.75. The summed E-state index contributed by atoms with van der Waals surface area (Å²) in [7, 11) is 0. The molecule has 0 saturated carbocycles. The highest BCUT2D eigenvalue weighted by atomic mass is 16.5. The number of aryl methyl sites for hydroxylation is 1. The number of nitrogens with zero attached hydrogens (tertiary/aromatic N) is 6. The van der Waals surface area contributed by atoms with Crippen LogP contribution in [0.5, 0.6) is 0 Å². The molecule has 24 heavy (non-hydrogen) atoms. The highest BCUT2D eigenvalue weighted by Gasteiger charge is 2.25. The van der Waals surface area contributed by atoms with Crippen molar-refractivity contribution in [1.29, 1.82) is 5.26 Å². The fourth-order valence-electron chi connectivity index (χ4n) is 3.35. The third-order valence-electron chi connectivity index (χ3n) is 4.74. The summed E-state index contributed by atoms with van der Waals surface area (Å²) >= 11 is 0. The first kappa shape index (κ1) is 17.1. The predicted molar refractivity (Wildman–Crippen MR) is 92.0 cm³/mol. The second-order valence-corrected chi connectivity index (χ2v) is 6.48. The summed E-state index contributed by atoms with van der Waals surface area (Å²) in [6.07, 6.45) is 0.311. The van der Waals surface area contributed by atoms with Gasteiger partial charge in [-0.05, 0) is 19.5 Å². The molecule has 1 atom stereocenters. The number of likely N-dealkylation sites (N-methyl/N-ethyl adjacent to an activating group) is 1. The predicted octanol–water partition coefficient (Wildman–Crippen LogP) is 0.499. The first-order chi connectivity index (χ1) is 11.7. The molecule has 1 aromatic heterocycles. The van der Waals surface area contributed by atoms with Crippen LogP contribution in [0.1, 0.15) is 18.3 Å². The lowest BCUT2D eigenvalue weighted by atomic mass is 10.2. The zero-order valence-corrected chi connectivity index (χ0v) is 14.6. The van der Waals surface area contributed by atoms with E-state index in [2.05, 4.69) is 37.7 Å². The van der Waals surface area contributed by atoms with E-state index in [-0.39, 0.29) is 0 Å². The van der Waals surface area contributed by atoms with Crippen LogP contribution >= 0.6 is 0 Å². The van der Waals surface area contributed by atoms with E-state index < -0.39 is 0 Å². The number of aromatic nitrogens is 2. The maximum atomic E-state index is 9.07. The van der Waals surface area contributed by atoms with Gasteiger partial charge in [0, 0.05) is 51.5 Å². The molecule has 2 aliphatic rings. The normalized spacial score (nSPS) is 23.2. The number of morpholine rings is 1. The van der Waals surface area contributed by atoms with Crippen molar-refractivity contribution < 1.29 is 4.74 Å². The summed E-state index contributed by atoms with van der Waals surface area (Å²) in [4.78, 5) is 15.9. The molecule has 0 bridgehead atoms. The molecule has 0 aliphatic carbocycles. The number of anilines is 1. The Kier molecular flexibility index (Phi) is 5.61. The van der Waals surface area contributed by atoms with Crippen LogP contribution in [0, 0.1) is 18.3 Å². The Bertz CT molecular complexity index is 593. The molecule has 0 aromatic carbocycles. The highest BCUT2D eigenvalue weighted by molar-refractivity contribution is 5.36. The van der Waals surface area contributed by atoms with E-state index >= 15 is 0 Å².